The van der Waals surface area contributed by atoms with Gasteiger partial charge in [0.2, 0.25) is 5.91 Å². The molecule has 1 N–H and O–H groups in total. The number of aromatic hydroxyl groups is 1. The Labute approximate surface area is 310 Å². The van der Waals surface area contributed by atoms with Gasteiger partial charge in [0.15, 0.2) is 5.54 Å². The molecule has 0 unspecified atom stereocenters. The number of anilines is 1. The lowest BCUT2D eigenvalue weighted by molar-refractivity contribution is -0.241. The van der Waals surface area contributed by atoms with Gasteiger partial charge in [-0.25, -0.2) is 8.78 Å². The highest BCUT2D eigenvalue weighted by atomic mass is 19.4. The van der Waals surface area contributed by atoms with Gasteiger partial charge < -0.3 is 24.4 Å². The number of hydrogen-bond acceptors (Lipinski definition) is 8. The van der Waals surface area contributed by atoms with Gasteiger partial charge in [0.1, 0.15) is 30.2 Å². The van der Waals surface area contributed by atoms with Crippen molar-refractivity contribution in [2.75, 3.05) is 51.4 Å². The molecule has 7 rings (SSSR count). The zero-order valence-electron chi connectivity index (χ0n) is 30.0. The number of fused-ring (bicyclic) bond motifs is 2. The molecule has 0 spiro atoms. The summed E-state index contributed by atoms with van der Waals surface area (Å²) in [6.07, 6.45) is 4.42. The molecule has 9 nitrogen and oxygen atoms in total. The number of amides is 1. The van der Waals surface area contributed by atoms with E-state index in [9.17, 15) is 14.3 Å². The van der Waals surface area contributed by atoms with Crippen LogP contribution in [-0.2, 0) is 16.0 Å². The third kappa shape index (κ3) is 6.88. The molecule has 0 bridgehead atoms. The summed E-state index contributed by atoms with van der Waals surface area (Å²) in [6, 6.07) is 4.74. The van der Waals surface area contributed by atoms with Crippen LogP contribution in [0.15, 0.2) is 36.9 Å². The molecule has 3 aliphatic heterocycles. The van der Waals surface area contributed by atoms with Crippen molar-refractivity contribution in [2.45, 2.75) is 74.9 Å². The van der Waals surface area contributed by atoms with Gasteiger partial charge in [0.05, 0.1) is 11.3 Å². The SMILES string of the molecule is C#Cc1c(F)ccc2cc(O)cc(C3=Cc4nc(OC[C@]5(C(F)(F)F)C[C@@H](F)CN5C5CCOCC5)nc(N(C)C[C@@H]5CCCN5C(=O)C=C)c4CC3)c12. The van der Waals surface area contributed by atoms with Gasteiger partial charge in [-0.05, 0) is 85.4 Å². The number of phenols is 1. The number of terminal acetylenes is 1. The molecule has 3 aromatic rings. The molecular weight excluding hydrogens is 709 g/mol. The average molecular weight is 752 g/mol. The lowest BCUT2D eigenvalue weighted by atomic mass is 9.87. The zero-order chi connectivity index (χ0) is 38.4. The monoisotopic (exact) mass is 751 g/mol. The van der Waals surface area contributed by atoms with E-state index in [-0.39, 0.29) is 49.0 Å². The topological polar surface area (TPSA) is 91.3 Å². The van der Waals surface area contributed by atoms with E-state index in [2.05, 4.69) is 22.5 Å². The quantitative estimate of drug-likeness (QED) is 0.152. The first-order chi connectivity index (χ1) is 25.8. The number of allylic oxidation sites excluding steroid dienone is 1. The number of ether oxygens (including phenoxy) is 2. The van der Waals surface area contributed by atoms with Gasteiger partial charge in [-0.1, -0.05) is 18.6 Å². The number of alkyl halides is 4. The summed E-state index contributed by atoms with van der Waals surface area (Å²) in [7, 11) is 1.79. The minimum atomic E-state index is -4.84. The van der Waals surface area contributed by atoms with Gasteiger partial charge in [0, 0.05) is 69.3 Å². The van der Waals surface area contributed by atoms with E-state index in [1.165, 1.54) is 35.2 Å². The van der Waals surface area contributed by atoms with Crippen molar-refractivity contribution in [3.8, 4) is 24.1 Å². The van der Waals surface area contributed by atoms with Gasteiger partial charge in [-0.2, -0.15) is 23.1 Å². The highest BCUT2D eigenvalue weighted by Gasteiger charge is 2.65. The first kappa shape index (κ1) is 37.6. The van der Waals surface area contributed by atoms with E-state index in [1.807, 2.05) is 4.90 Å². The van der Waals surface area contributed by atoms with Crippen LogP contribution in [0.1, 0.15) is 60.9 Å². The van der Waals surface area contributed by atoms with E-state index in [0.717, 1.165) is 12.8 Å². The van der Waals surface area contributed by atoms with E-state index < -0.39 is 42.8 Å². The number of benzene rings is 2. The highest BCUT2D eigenvalue weighted by Crippen LogP contribution is 2.47. The van der Waals surface area contributed by atoms with Crippen molar-refractivity contribution in [2.24, 2.45) is 0 Å². The molecule has 1 aliphatic carbocycles. The van der Waals surface area contributed by atoms with Crippen LogP contribution in [-0.4, -0.2) is 107 Å². The summed E-state index contributed by atoms with van der Waals surface area (Å²) >= 11 is 0. The van der Waals surface area contributed by atoms with Crippen LogP contribution in [0, 0.1) is 18.2 Å². The first-order valence-corrected chi connectivity index (χ1v) is 18.2. The van der Waals surface area contributed by atoms with Gasteiger partial charge in [-0.3, -0.25) is 9.69 Å². The van der Waals surface area contributed by atoms with Crippen molar-refractivity contribution in [1.29, 1.82) is 0 Å². The number of likely N-dealkylation sites (N-methyl/N-ethyl adjacent to an activating group) is 1. The Balaban J connectivity index is 1.30. The Morgan fingerprint density at radius 1 is 1.22 bits per heavy atom. The van der Waals surface area contributed by atoms with Crippen LogP contribution in [0.25, 0.3) is 22.4 Å². The second-order valence-corrected chi connectivity index (χ2v) is 14.5. The highest BCUT2D eigenvalue weighted by molar-refractivity contribution is 6.02. The Hall–Kier alpha value is -4.74. The van der Waals surface area contributed by atoms with E-state index in [0.29, 0.717) is 77.8 Å². The molecule has 54 heavy (non-hydrogen) atoms. The van der Waals surface area contributed by atoms with Crippen molar-refractivity contribution < 1.29 is 41.3 Å². The summed E-state index contributed by atoms with van der Waals surface area (Å²) in [5, 5.41) is 11.6. The molecule has 14 heteroatoms. The van der Waals surface area contributed by atoms with Crippen LogP contribution in [0.4, 0.5) is 27.8 Å². The Kier molecular flexibility index (Phi) is 10.3. The first-order valence-electron chi connectivity index (χ1n) is 18.2. The van der Waals surface area contributed by atoms with Crippen LogP contribution in [0.5, 0.6) is 11.8 Å². The lowest BCUT2D eigenvalue weighted by Crippen LogP contribution is -2.62. The van der Waals surface area contributed by atoms with Gasteiger partial charge >= 0.3 is 12.2 Å². The van der Waals surface area contributed by atoms with Crippen LogP contribution >= 0.6 is 0 Å². The third-order valence-electron chi connectivity index (χ3n) is 11.3. The molecule has 2 aromatic carbocycles. The van der Waals surface area contributed by atoms with Crippen molar-refractivity contribution >= 4 is 34.1 Å². The lowest BCUT2D eigenvalue weighted by Gasteiger charge is -2.44. The average Bonchev–Trinajstić information content (AvgIpc) is 3.77. The predicted molar refractivity (Wildman–Crippen MR) is 194 cm³/mol. The maximum absolute atomic E-state index is 15.1. The molecule has 1 aromatic heterocycles. The van der Waals surface area contributed by atoms with E-state index in [1.54, 1.807) is 18.0 Å². The van der Waals surface area contributed by atoms with Gasteiger partial charge in [0.25, 0.3) is 0 Å². The number of carbonyl (C=O) groups excluding carboxylic acids is 1. The standard InChI is InChI=1S/C40H42F5N5O4/c1-4-30-33(42)11-9-25-17-29(51)19-32(36(25)30)24-8-10-31-34(18-24)46-38(47-37(31)48(3)22-28-7-6-14-49(28)35(52)5-2)54-23-39(40(43,44)45)20-26(41)21-50(39)27-12-15-53-16-13-27/h1,5,9,11,17-19,26-28,51H,2,6-8,10,12-16,20-23H2,3H3/t26-,28+,39+/m1/s1. The molecule has 4 heterocycles. The summed E-state index contributed by atoms with van der Waals surface area (Å²) in [4.78, 5) is 26.7. The van der Waals surface area contributed by atoms with Crippen molar-refractivity contribution in [3.63, 3.8) is 0 Å². The number of nitrogens with zero attached hydrogens (tertiary/aromatic N) is 5. The molecule has 3 atom stereocenters. The largest absolute Gasteiger partial charge is 0.508 e. The number of aromatic nitrogens is 2. The molecule has 1 amide bonds. The second kappa shape index (κ2) is 14.8. The molecule has 3 fully saturated rings. The Morgan fingerprint density at radius 2 is 2.00 bits per heavy atom. The fourth-order valence-corrected chi connectivity index (χ4v) is 8.69. The smallest absolute Gasteiger partial charge is 0.410 e. The summed E-state index contributed by atoms with van der Waals surface area (Å²) in [5.74, 6) is 2.00. The van der Waals surface area contributed by atoms with E-state index in [4.69, 9.17) is 15.9 Å². The number of halogens is 5. The van der Waals surface area contributed by atoms with E-state index >= 15 is 17.6 Å². The molecule has 0 saturated carbocycles. The second-order valence-electron chi connectivity index (χ2n) is 14.5. The summed E-state index contributed by atoms with van der Waals surface area (Å²) < 4.78 is 86.8. The Bertz CT molecular complexity index is 2030. The normalized spacial score (nSPS) is 23.6. The van der Waals surface area contributed by atoms with Crippen LogP contribution < -0.4 is 9.64 Å². The zero-order valence-corrected chi connectivity index (χ0v) is 30.0. The molecule has 3 saturated heterocycles. The summed E-state index contributed by atoms with van der Waals surface area (Å²) in [5.41, 5.74) is -0.374. The number of carbonyl (C=O) groups is 1. The fraction of sp³-hybridized carbons (Fsp3) is 0.475. The van der Waals surface area contributed by atoms with Gasteiger partial charge in [-0.15, -0.1) is 6.42 Å². The summed E-state index contributed by atoms with van der Waals surface area (Å²) in [6.45, 7) is 3.83. The third-order valence-corrected chi connectivity index (χ3v) is 11.3. The minimum Gasteiger partial charge on any atom is -0.508 e. The molecule has 286 valence electrons. The molecular formula is C40H42F5N5O4. The van der Waals surface area contributed by atoms with Crippen molar-refractivity contribution in [3.05, 3.63) is 65.1 Å². The van der Waals surface area contributed by atoms with Crippen molar-refractivity contribution in [1.82, 2.24) is 19.8 Å². The maximum Gasteiger partial charge on any atom is 0.410 e. The maximum atomic E-state index is 15.1. The molecule has 4 aliphatic rings. The fourth-order valence-electron chi connectivity index (χ4n) is 8.69. The van der Waals surface area contributed by atoms with Crippen LogP contribution in [0.3, 0.4) is 0 Å². The predicted octanol–water partition coefficient (Wildman–Crippen LogP) is 6.46. The minimum absolute atomic E-state index is 0.0331. The Morgan fingerprint density at radius 3 is 2.72 bits per heavy atom. The molecule has 0 radical (unpaired) electrons. The number of rotatable bonds is 9. The van der Waals surface area contributed by atoms with Crippen LogP contribution in [0.2, 0.25) is 0 Å². The number of phenolic OH excluding ortho intramolecular Hbond substituents is 1. The number of hydrogen-bond donors (Lipinski definition) is 1. The number of likely N-dealkylation sites (tertiary alicyclic amines) is 2.